The van der Waals surface area contributed by atoms with Crippen LogP contribution in [0.4, 0.5) is 0 Å². The highest BCUT2D eigenvalue weighted by molar-refractivity contribution is 5.12. The monoisotopic (exact) mass is 212 g/mol. The first-order valence-corrected chi connectivity index (χ1v) is 6.42. The minimum atomic E-state index is 0.893. The highest BCUT2D eigenvalue weighted by atomic mass is 16.5. The maximum absolute atomic E-state index is 5.09. The molecule has 0 amide bonds. The third-order valence-corrected chi connectivity index (χ3v) is 2.89. The topological polar surface area (TPSA) is 9.23 Å². The third-order valence-electron chi connectivity index (χ3n) is 2.89. The van der Waals surface area contributed by atoms with Gasteiger partial charge in [-0.1, -0.05) is 37.8 Å². The van der Waals surface area contributed by atoms with E-state index in [1.165, 1.54) is 44.9 Å². The molecule has 0 aromatic rings. The smallest absolute Gasteiger partial charge is 0.0465 e. The van der Waals surface area contributed by atoms with Crippen molar-refractivity contribution in [2.75, 3.05) is 13.7 Å². The van der Waals surface area contributed by atoms with Gasteiger partial charge < -0.3 is 4.74 Å². The maximum Gasteiger partial charge on any atom is 0.0465 e. The van der Waals surface area contributed by atoms with Crippen LogP contribution < -0.4 is 0 Å². The number of rotatable bonds is 9. The number of ether oxygens (including phenoxy) is 1. The SMILES string of the molecule is CCCCC(CCC)=C(C)CCCOC. The van der Waals surface area contributed by atoms with E-state index >= 15 is 0 Å². The van der Waals surface area contributed by atoms with E-state index in [1.807, 2.05) is 0 Å². The Morgan fingerprint density at radius 1 is 0.933 bits per heavy atom. The van der Waals surface area contributed by atoms with Crippen molar-refractivity contribution in [3.63, 3.8) is 0 Å². The Labute approximate surface area is 95.9 Å². The Morgan fingerprint density at radius 2 is 1.67 bits per heavy atom. The molecule has 0 spiro atoms. The van der Waals surface area contributed by atoms with Gasteiger partial charge in [0.25, 0.3) is 0 Å². The summed E-state index contributed by atoms with van der Waals surface area (Å²) < 4.78 is 5.09. The van der Waals surface area contributed by atoms with Crippen LogP contribution in [0.3, 0.4) is 0 Å². The molecule has 0 aromatic heterocycles. The first-order valence-electron chi connectivity index (χ1n) is 6.42. The van der Waals surface area contributed by atoms with Crippen LogP contribution in [0.25, 0.3) is 0 Å². The van der Waals surface area contributed by atoms with Gasteiger partial charge in [-0.3, -0.25) is 0 Å². The van der Waals surface area contributed by atoms with Crippen LogP contribution in [-0.2, 0) is 4.74 Å². The molecule has 0 radical (unpaired) electrons. The number of methoxy groups -OCH3 is 1. The summed E-state index contributed by atoms with van der Waals surface area (Å²) in [6.45, 7) is 7.74. The van der Waals surface area contributed by atoms with Crippen molar-refractivity contribution in [3.05, 3.63) is 11.1 Å². The largest absolute Gasteiger partial charge is 0.385 e. The summed E-state index contributed by atoms with van der Waals surface area (Å²) in [7, 11) is 1.78. The van der Waals surface area contributed by atoms with Gasteiger partial charge in [0.1, 0.15) is 0 Å². The Balaban J connectivity index is 4.06. The van der Waals surface area contributed by atoms with Crippen LogP contribution in [0.5, 0.6) is 0 Å². The maximum atomic E-state index is 5.09. The van der Waals surface area contributed by atoms with Gasteiger partial charge in [-0.15, -0.1) is 0 Å². The standard InChI is InChI=1S/C14H28O/c1-5-7-11-14(9-6-2)13(3)10-8-12-15-4/h5-12H2,1-4H3. The predicted octanol–water partition coefficient (Wildman–Crippen LogP) is 4.72. The zero-order valence-electron chi connectivity index (χ0n) is 11.1. The van der Waals surface area contributed by atoms with Crippen LogP contribution in [0.1, 0.15) is 65.7 Å². The number of hydrogen-bond donors (Lipinski definition) is 0. The second kappa shape index (κ2) is 10.2. The Morgan fingerprint density at radius 3 is 2.20 bits per heavy atom. The van der Waals surface area contributed by atoms with E-state index in [2.05, 4.69) is 20.8 Å². The summed E-state index contributed by atoms with van der Waals surface area (Å²) in [5, 5.41) is 0. The van der Waals surface area contributed by atoms with Gasteiger partial charge in [-0.25, -0.2) is 0 Å². The van der Waals surface area contributed by atoms with Crippen molar-refractivity contribution in [1.82, 2.24) is 0 Å². The zero-order valence-corrected chi connectivity index (χ0v) is 11.1. The summed E-state index contributed by atoms with van der Waals surface area (Å²) >= 11 is 0. The molecule has 90 valence electrons. The molecule has 0 bridgehead atoms. The lowest BCUT2D eigenvalue weighted by molar-refractivity contribution is 0.195. The molecular formula is C14H28O. The van der Waals surface area contributed by atoms with E-state index in [0.717, 1.165) is 6.61 Å². The molecular weight excluding hydrogens is 184 g/mol. The van der Waals surface area contributed by atoms with E-state index in [-0.39, 0.29) is 0 Å². The highest BCUT2D eigenvalue weighted by Crippen LogP contribution is 2.21. The molecule has 0 saturated carbocycles. The fraction of sp³-hybridized carbons (Fsp3) is 0.857. The molecule has 0 unspecified atom stereocenters. The van der Waals surface area contributed by atoms with Gasteiger partial charge in [-0.05, 0) is 39.0 Å². The molecule has 1 heteroatoms. The highest BCUT2D eigenvalue weighted by Gasteiger charge is 2.01. The van der Waals surface area contributed by atoms with Gasteiger partial charge in [0.05, 0.1) is 0 Å². The van der Waals surface area contributed by atoms with Crippen LogP contribution in [0.2, 0.25) is 0 Å². The fourth-order valence-corrected chi connectivity index (χ4v) is 1.90. The molecule has 0 fully saturated rings. The molecule has 15 heavy (non-hydrogen) atoms. The number of unbranched alkanes of at least 4 members (excludes halogenated alkanes) is 1. The molecule has 0 rings (SSSR count). The molecule has 0 heterocycles. The quantitative estimate of drug-likeness (QED) is 0.397. The predicted molar refractivity (Wildman–Crippen MR) is 68.2 cm³/mol. The molecule has 0 saturated heterocycles. The average molecular weight is 212 g/mol. The average Bonchev–Trinajstić information content (AvgIpc) is 2.24. The van der Waals surface area contributed by atoms with Crippen molar-refractivity contribution in [2.45, 2.75) is 65.7 Å². The van der Waals surface area contributed by atoms with Crippen LogP contribution in [0, 0.1) is 0 Å². The molecule has 1 nitrogen and oxygen atoms in total. The first kappa shape index (κ1) is 14.7. The zero-order chi connectivity index (χ0) is 11.5. The third kappa shape index (κ3) is 7.61. The minimum absolute atomic E-state index is 0.893. The molecule has 0 aliphatic rings. The summed E-state index contributed by atoms with van der Waals surface area (Å²) in [5.41, 5.74) is 3.32. The summed E-state index contributed by atoms with van der Waals surface area (Å²) in [4.78, 5) is 0. The number of hydrogen-bond acceptors (Lipinski definition) is 1. The van der Waals surface area contributed by atoms with E-state index < -0.39 is 0 Å². The van der Waals surface area contributed by atoms with Gasteiger partial charge >= 0.3 is 0 Å². The Kier molecular flexibility index (Phi) is 10.0. The van der Waals surface area contributed by atoms with E-state index in [0.29, 0.717) is 0 Å². The molecule has 0 aliphatic carbocycles. The second-order valence-electron chi connectivity index (χ2n) is 4.33. The first-order chi connectivity index (χ1) is 7.26. The van der Waals surface area contributed by atoms with Gasteiger partial charge in [0, 0.05) is 13.7 Å². The lowest BCUT2D eigenvalue weighted by Crippen LogP contribution is -1.94. The van der Waals surface area contributed by atoms with Crippen LogP contribution in [0.15, 0.2) is 11.1 Å². The molecule has 0 N–H and O–H groups in total. The van der Waals surface area contributed by atoms with Crippen molar-refractivity contribution in [3.8, 4) is 0 Å². The van der Waals surface area contributed by atoms with E-state index in [1.54, 1.807) is 18.3 Å². The summed E-state index contributed by atoms with van der Waals surface area (Å²) in [6, 6.07) is 0. The second-order valence-corrected chi connectivity index (χ2v) is 4.33. The molecule has 0 aliphatic heterocycles. The van der Waals surface area contributed by atoms with E-state index in [4.69, 9.17) is 4.74 Å². The Hall–Kier alpha value is -0.300. The van der Waals surface area contributed by atoms with Gasteiger partial charge in [-0.2, -0.15) is 0 Å². The minimum Gasteiger partial charge on any atom is -0.385 e. The number of allylic oxidation sites excluding steroid dienone is 2. The normalized spacial score (nSPS) is 12.8. The molecule has 0 aromatic carbocycles. The lowest BCUT2D eigenvalue weighted by Gasteiger charge is -2.11. The van der Waals surface area contributed by atoms with Crippen molar-refractivity contribution in [2.24, 2.45) is 0 Å². The van der Waals surface area contributed by atoms with Crippen molar-refractivity contribution < 1.29 is 4.74 Å². The van der Waals surface area contributed by atoms with Gasteiger partial charge in [0.15, 0.2) is 0 Å². The van der Waals surface area contributed by atoms with Crippen molar-refractivity contribution >= 4 is 0 Å². The summed E-state index contributed by atoms with van der Waals surface area (Å²) in [5.74, 6) is 0. The van der Waals surface area contributed by atoms with Crippen LogP contribution >= 0.6 is 0 Å². The summed E-state index contributed by atoms with van der Waals surface area (Å²) in [6.07, 6.45) is 8.91. The van der Waals surface area contributed by atoms with Crippen LogP contribution in [-0.4, -0.2) is 13.7 Å². The van der Waals surface area contributed by atoms with E-state index in [9.17, 15) is 0 Å². The van der Waals surface area contributed by atoms with Crippen molar-refractivity contribution in [1.29, 1.82) is 0 Å². The lowest BCUT2D eigenvalue weighted by atomic mass is 9.96. The molecule has 0 atom stereocenters. The Bertz CT molecular complexity index is 170. The fourth-order valence-electron chi connectivity index (χ4n) is 1.90. The van der Waals surface area contributed by atoms with Gasteiger partial charge in [0.2, 0.25) is 0 Å².